The number of aromatic nitrogens is 1. The summed E-state index contributed by atoms with van der Waals surface area (Å²) >= 11 is 5.96. The number of halogens is 1. The van der Waals surface area contributed by atoms with Crippen molar-refractivity contribution in [2.24, 2.45) is 4.99 Å². The third-order valence-electron chi connectivity index (χ3n) is 4.32. The average Bonchev–Trinajstić information content (AvgIpc) is 3.04. The maximum Gasteiger partial charge on any atom is 0.331 e. The summed E-state index contributed by atoms with van der Waals surface area (Å²) in [5, 5.41) is 1.76. The second-order valence-electron chi connectivity index (χ2n) is 6.79. The van der Waals surface area contributed by atoms with E-state index in [1.54, 1.807) is 0 Å². The third kappa shape index (κ3) is 4.77. The smallest absolute Gasteiger partial charge is 0.331 e. The van der Waals surface area contributed by atoms with E-state index in [1.807, 2.05) is 75.5 Å². The summed E-state index contributed by atoms with van der Waals surface area (Å²) in [6.45, 7) is 5.58. The highest BCUT2D eigenvalue weighted by atomic mass is 35.5. The number of fused-ring (bicyclic) bond motifs is 1. The number of aromatic amines is 1. The Kier molecular flexibility index (Phi) is 5.97. The number of esters is 1. The molecular weight excluding hydrogens is 360 g/mol. The van der Waals surface area contributed by atoms with Gasteiger partial charge >= 0.3 is 5.97 Å². The van der Waals surface area contributed by atoms with E-state index in [0.717, 1.165) is 27.7 Å². The molecule has 1 aromatic heterocycles. The van der Waals surface area contributed by atoms with Crippen LogP contribution < -0.4 is 0 Å². The molecule has 0 amide bonds. The summed E-state index contributed by atoms with van der Waals surface area (Å²) in [4.78, 5) is 20.6. The van der Waals surface area contributed by atoms with Gasteiger partial charge in [0.15, 0.2) is 6.04 Å². The minimum atomic E-state index is -0.609. The lowest BCUT2D eigenvalue weighted by molar-refractivity contribution is -0.148. The second kappa shape index (κ2) is 8.40. The van der Waals surface area contributed by atoms with E-state index >= 15 is 0 Å². The number of rotatable bonds is 6. The van der Waals surface area contributed by atoms with Crippen molar-refractivity contribution in [3.8, 4) is 0 Å². The molecule has 0 aliphatic rings. The molecule has 1 N–H and O–H groups in total. The highest BCUT2D eigenvalue weighted by molar-refractivity contribution is 6.30. The van der Waals surface area contributed by atoms with Crippen molar-refractivity contribution in [3.63, 3.8) is 0 Å². The molecule has 0 fully saturated rings. The van der Waals surface area contributed by atoms with Crippen LogP contribution in [0.1, 0.15) is 31.9 Å². The van der Waals surface area contributed by atoms with Gasteiger partial charge in [-0.1, -0.05) is 41.9 Å². The molecule has 5 heteroatoms. The molecule has 0 aliphatic heterocycles. The van der Waals surface area contributed by atoms with Gasteiger partial charge in [-0.3, -0.25) is 4.99 Å². The average molecular weight is 383 g/mol. The Morgan fingerprint density at radius 1 is 1.15 bits per heavy atom. The van der Waals surface area contributed by atoms with Gasteiger partial charge in [0.2, 0.25) is 0 Å². The van der Waals surface area contributed by atoms with Gasteiger partial charge in [0.1, 0.15) is 0 Å². The van der Waals surface area contributed by atoms with Gasteiger partial charge in [-0.15, -0.1) is 0 Å². The fourth-order valence-electron chi connectivity index (χ4n) is 3.00. The van der Waals surface area contributed by atoms with E-state index in [2.05, 4.69) is 4.98 Å². The quantitative estimate of drug-likeness (QED) is 0.471. The van der Waals surface area contributed by atoms with Crippen LogP contribution >= 0.6 is 11.6 Å². The van der Waals surface area contributed by atoms with Crippen molar-refractivity contribution in [2.75, 3.05) is 0 Å². The number of aliphatic imine (C=N–C) groups is 1. The largest absolute Gasteiger partial charge is 0.461 e. The summed E-state index contributed by atoms with van der Waals surface area (Å²) < 4.78 is 5.45. The van der Waals surface area contributed by atoms with Gasteiger partial charge in [-0.25, -0.2) is 4.79 Å². The van der Waals surface area contributed by atoms with Crippen LogP contribution in [-0.4, -0.2) is 28.8 Å². The van der Waals surface area contributed by atoms with Crippen molar-refractivity contribution in [1.82, 2.24) is 4.98 Å². The summed E-state index contributed by atoms with van der Waals surface area (Å²) in [5.74, 6) is -0.316. The summed E-state index contributed by atoms with van der Waals surface area (Å²) in [5.41, 5.74) is 3.80. The number of carbonyl (C=O) groups excluding carboxylic acids is 1. The lowest BCUT2D eigenvalue weighted by Crippen LogP contribution is -2.27. The number of ether oxygens (including phenoxy) is 1. The Labute approximate surface area is 164 Å². The Bertz CT molecular complexity index is 958. The van der Waals surface area contributed by atoms with Crippen LogP contribution in [0.25, 0.3) is 10.9 Å². The van der Waals surface area contributed by atoms with Gasteiger partial charge in [0.25, 0.3) is 0 Å². The van der Waals surface area contributed by atoms with Gasteiger partial charge in [-0.05, 0) is 50.1 Å². The van der Waals surface area contributed by atoms with Crippen LogP contribution in [0.5, 0.6) is 0 Å². The monoisotopic (exact) mass is 382 g/mol. The van der Waals surface area contributed by atoms with Crippen LogP contribution in [0.3, 0.4) is 0 Å². The highest BCUT2D eigenvalue weighted by Gasteiger charge is 2.22. The zero-order valence-corrected chi connectivity index (χ0v) is 16.5. The van der Waals surface area contributed by atoms with Gasteiger partial charge in [0, 0.05) is 34.3 Å². The SMILES string of the molecule is CC(=N[C@@H](Cc1c[nH]c2ccccc12)C(=O)OC(C)C)c1ccc(Cl)cc1. The van der Waals surface area contributed by atoms with E-state index in [-0.39, 0.29) is 12.1 Å². The molecule has 2 aromatic carbocycles. The number of H-pyrrole nitrogens is 1. The molecule has 0 aliphatic carbocycles. The second-order valence-corrected chi connectivity index (χ2v) is 7.22. The molecule has 27 heavy (non-hydrogen) atoms. The topological polar surface area (TPSA) is 54.5 Å². The lowest BCUT2D eigenvalue weighted by Gasteiger charge is -2.15. The van der Waals surface area contributed by atoms with E-state index in [9.17, 15) is 4.79 Å². The van der Waals surface area contributed by atoms with E-state index in [0.29, 0.717) is 11.4 Å². The zero-order valence-electron chi connectivity index (χ0n) is 15.7. The lowest BCUT2D eigenvalue weighted by atomic mass is 10.0. The minimum Gasteiger partial charge on any atom is -0.461 e. The van der Waals surface area contributed by atoms with E-state index in [1.165, 1.54) is 0 Å². The molecule has 3 aromatic rings. The Balaban J connectivity index is 1.92. The number of carbonyl (C=O) groups is 1. The number of nitrogens with zero attached hydrogens (tertiary/aromatic N) is 1. The summed E-state index contributed by atoms with van der Waals surface area (Å²) in [7, 11) is 0. The molecule has 1 heterocycles. The first-order valence-corrected chi connectivity index (χ1v) is 9.37. The van der Waals surface area contributed by atoms with E-state index in [4.69, 9.17) is 21.3 Å². The molecular formula is C22H23ClN2O2. The van der Waals surface area contributed by atoms with Gasteiger partial charge in [0.05, 0.1) is 6.10 Å². The standard InChI is InChI=1S/C22H23ClN2O2/c1-14(2)27-22(26)21(25-15(3)16-8-10-18(23)11-9-16)12-17-13-24-20-7-5-4-6-19(17)20/h4-11,13-14,21,24H,12H2,1-3H3/t21-/m0/s1. The number of para-hydroxylation sites is 1. The Morgan fingerprint density at radius 3 is 2.56 bits per heavy atom. The Morgan fingerprint density at radius 2 is 1.85 bits per heavy atom. The number of hydrogen-bond donors (Lipinski definition) is 1. The predicted molar refractivity (Wildman–Crippen MR) is 111 cm³/mol. The molecule has 0 radical (unpaired) electrons. The van der Waals surface area contributed by atoms with Crippen LogP contribution in [0.2, 0.25) is 5.02 Å². The molecule has 0 spiro atoms. The molecule has 3 rings (SSSR count). The predicted octanol–water partition coefficient (Wildman–Crippen LogP) is 5.19. The van der Waals surface area contributed by atoms with Crippen molar-refractivity contribution >= 4 is 34.2 Å². The van der Waals surface area contributed by atoms with Crippen molar-refractivity contribution in [1.29, 1.82) is 0 Å². The normalized spacial score (nSPS) is 13.1. The van der Waals surface area contributed by atoms with Crippen LogP contribution in [-0.2, 0) is 16.0 Å². The van der Waals surface area contributed by atoms with Crippen LogP contribution in [0.15, 0.2) is 59.7 Å². The fourth-order valence-corrected chi connectivity index (χ4v) is 3.13. The first kappa shape index (κ1) is 19.2. The highest BCUT2D eigenvalue weighted by Crippen LogP contribution is 2.21. The summed E-state index contributed by atoms with van der Waals surface area (Å²) in [6, 6.07) is 14.9. The first-order valence-electron chi connectivity index (χ1n) is 9.00. The maximum absolute atomic E-state index is 12.7. The fraction of sp³-hybridized carbons (Fsp3) is 0.273. The zero-order chi connectivity index (χ0) is 19.4. The molecule has 0 unspecified atom stereocenters. The summed E-state index contributed by atoms with van der Waals surface area (Å²) in [6.07, 6.45) is 2.22. The molecule has 0 saturated carbocycles. The van der Waals surface area contributed by atoms with E-state index < -0.39 is 6.04 Å². The van der Waals surface area contributed by atoms with Gasteiger partial charge in [-0.2, -0.15) is 0 Å². The Hall–Kier alpha value is -2.59. The van der Waals surface area contributed by atoms with Crippen LogP contribution in [0, 0.1) is 0 Å². The molecule has 0 bridgehead atoms. The number of hydrogen-bond acceptors (Lipinski definition) is 3. The maximum atomic E-state index is 12.7. The van der Waals surface area contributed by atoms with Crippen molar-refractivity contribution in [2.45, 2.75) is 39.3 Å². The molecule has 4 nitrogen and oxygen atoms in total. The number of benzene rings is 2. The molecule has 0 saturated heterocycles. The first-order chi connectivity index (χ1) is 12.9. The molecule has 140 valence electrons. The minimum absolute atomic E-state index is 0.186. The van der Waals surface area contributed by atoms with Crippen LogP contribution in [0.4, 0.5) is 0 Å². The third-order valence-corrected chi connectivity index (χ3v) is 4.58. The number of nitrogens with one attached hydrogen (secondary N) is 1. The van der Waals surface area contributed by atoms with Crippen molar-refractivity contribution in [3.05, 3.63) is 70.9 Å². The molecule has 1 atom stereocenters. The van der Waals surface area contributed by atoms with Gasteiger partial charge < -0.3 is 9.72 Å². The van der Waals surface area contributed by atoms with Crippen molar-refractivity contribution < 1.29 is 9.53 Å².